The molecule has 0 spiro atoms. The van der Waals surface area contributed by atoms with Crippen LogP contribution in [0.25, 0.3) is 16.9 Å². The molecule has 6 rings (SSSR count). The molecule has 0 fully saturated rings. The Kier molecular flexibility index (Phi) is 4.95. The van der Waals surface area contributed by atoms with Gasteiger partial charge in [-0.15, -0.1) is 0 Å². The van der Waals surface area contributed by atoms with Gasteiger partial charge >= 0.3 is 6.61 Å². The van der Waals surface area contributed by atoms with Gasteiger partial charge in [0.2, 0.25) is 0 Å². The van der Waals surface area contributed by atoms with Crippen molar-refractivity contribution in [2.24, 2.45) is 0 Å². The predicted molar refractivity (Wildman–Crippen MR) is 121 cm³/mol. The molecule has 4 aromatic rings. The lowest BCUT2D eigenvalue weighted by molar-refractivity contribution is -0.0506. The van der Waals surface area contributed by atoms with Crippen molar-refractivity contribution < 1.29 is 18.3 Å². The van der Waals surface area contributed by atoms with Crippen molar-refractivity contribution in [2.45, 2.75) is 31.5 Å². The first-order valence-electron chi connectivity index (χ1n) is 11.2. The fraction of sp³-hybridized carbons (Fsp3) is 0.292. The number of alkyl halides is 2. The molecule has 35 heavy (non-hydrogen) atoms. The molecule has 1 aliphatic carbocycles. The minimum absolute atomic E-state index is 0.00243. The van der Waals surface area contributed by atoms with E-state index in [1.165, 1.54) is 6.07 Å². The first-order valence-corrected chi connectivity index (χ1v) is 11.2. The second-order valence-electron chi connectivity index (χ2n) is 8.61. The molecule has 4 heterocycles. The predicted octanol–water partition coefficient (Wildman–Crippen LogP) is 3.17. The van der Waals surface area contributed by atoms with Crippen LogP contribution in [-0.4, -0.2) is 56.1 Å². The normalized spacial score (nSPS) is 18.7. The number of imidazole rings is 1. The molecule has 1 N–H and O–H groups in total. The van der Waals surface area contributed by atoms with Gasteiger partial charge < -0.3 is 15.0 Å². The largest absolute Gasteiger partial charge is 0.434 e. The number of rotatable bonds is 5. The molecule has 1 aliphatic heterocycles. The summed E-state index contributed by atoms with van der Waals surface area (Å²) in [5.41, 5.74) is 4.27. The van der Waals surface area contributed by atoms with Crippen LogP contribution < -0.4 is 10.1 Å². The van der Waals surface area contributed by atoms with E-state index in [2.05, 4.69) is 15.3 Å². The highest BCUT2D eigenvalue weighted by Crippen LogP contribution is 2.52. The Morgan fingerprint density at radius 1 is 1.20 bits per heavy atom. The lowest BCUT2D eigenvalue weighted by Crippen LogP contribution is -2.30. The number of benzene rings is 1. The third kappa shape index (κ3) is 3.34. The van der Waals surface area contributed by atoms with Gasteiger partial charge in [0.05, 0.1) is 29.7 Å². The summed E-state index contributed by atoms with van der Waals surface area (Å²) in [6.45, 7) is -2.45. The van der Waals surface area contributed by atoms with Gasteiger partial charge in [0, 0.05) is 42.0 Å². The third-order valence-electron chi connectivity index (χ3n) is 6.63. The van der Waals surface area contributed by atoms with E-state index in [-0.39, 0.29) is 23.6 Å². The van der Waals surface area contributed by atoms with Crippen LogP contribution in [-0.2, 0) is 6.54 Å². The van der Waals surface area contributed by atoms with E-state index in [1.807, 2.05) is 19.2 Å². The van der Waals surface area contributed by atoms with Gasteiger partial charge in [-0.1, -0.05) is 6.07 Å². The van der Waals surface area contributed by atoms with Crippen molar-refractivity contribution in [3.63, 3.8) is 0 Å². The third-order valence-corrected chi connectivity index (χ3v) is 6.63. The Balaban J connectivity index is 1.52. The summed E-state index contributed by atoms with van der Waals surface area (Å²) < 4.78 is 33.1. The molecule has 1 aromatic carbocycles. The molecule has 9 nitrogen and oxygen atoms in total. The maximum atomic E-state index is 13.3. The standard InChI is InChI=1S/C24H21F2N7O2/c1-27-11-18-28-9-12(10-29-18)15-6-7-19-30-21-16-8-14(22(21)33(19)31-15)20-13(23(34)32(16)2)4-3-5-17(20)35-24(25)26/h3-7,9-10,14,16,24,27H,8,11H2,1-2H3. The number of aromatic nitrogens is 5. The summed E-state index contributed by atoms with van der Waals surface area (Å²) in [6.07, 6.45) is 3.93. The Bertz CT molecular complexity index is 1450. The number of amides is 1. The van der Waals surface area contributed by atoms with Crippen LogP contribution in [0, 0.1) is 0 Å². The number of carbonyl (C=O) groups excluding carboxylic acids is 1. The highest BCUT2D eigenvalue weighted by molar-refractivity contribution is 5.98. The van der Waals surface area contributed by atoms with Gasteiger partial charge in [0.1, 0.15) is 11.6 Å². The molecule has 2 unspecified atom stereocenters. The number of nitrogens with zero attached hydrogens (tertiary/aromatic N) is 6. The van der Waals surface area contributed by atoms with Crippen molar-refractivity contribution in [2.75, 3.05) is 14.1 Å². The molecule has 0 radical (unpaired) electrons. The second kappa shape index (κ2) is 8.05. The monoisotopic (exact) mass is 477 g/mol. The zero-order chi connectivity index (χ0) is 24.3. The first-order chi connectivity index (χ1) is 17.0. The minimum atomic E-state index is -3.01. The van der Waals surface area contributed by atoms with E-state index in [4.69, 9.17) is 14.8 Å². The van der Waals surface area contributed by atoms with E-state index in [0.717, 1.165) is 11.3 Å². The Morgan fingerprint density at radius 3 is 2.74 bits per heavy atom. The Hall–Kier alpha value is -3.99. The first kappa shape index (κ1) is 21.5. The van der Waals surface area contributed by atoms with Crippen molar-refractivity contribution in [1.29, 1.82) is 0 Å². The molecule has 11 heteroatoms. The maximum Gasteiger partial charge on any atom is 0.387 e. The van der Waals surface area contributed by atoms with Gasteiger partial charge in [0.15, 0.2) is 5.65 Å². The zero-order valence-corrected chi connectivity index (χ0v) is 18.9. The Labute approximate surface area is 198 Å². The fourth-order valence-corrected chi connectivity index (χ4v) is 5.09. The molecule has 2 aliphatic rings. The number of carbonyl (C=O) groups is 1. The number of nitrogens with one attached hydrogen (secondary N) is 1. The molecule has 1 amide bonds. The topological polar surface area (TPSA) is 97.5 Å². The number of ether oxygens (including phenoxy) is 1. The average Bonchev–Trinajstić information content (AvgIpc) is 3.37. The van der Waals surface area contributed by atoms with Gasteiger partial charge in [-0.2, -0.15) is 13.9 Å². The smallest absolute Gasteiger partial charge is 0.387 e. The van der Waals surface area contributed by atoms with Crippen LogP contribution >= 0.6 is 0 Å². The van der Waals surface area contributed by atoms with Crippen molar-refractivity contribution >= 4 is 11.6 Å². The molecule has 2 atom stereocenters. The van der Waals surface area contributed by atoms with Gasteiger partial charge in [-0.05, 0) is 37.7 Å². The number of hydrogen-bond acceptors (Lipinski definition) is 7. The van der Waals surface area contributed by atoms with Crippen molar-refractivity contribution in [3.8, 4) is 17.0 Å². The lowest BCUT2D eigenvalue weighted by Gasteiger charge is -2.23. The highest BCUT2D eigenvalue weighted by Gasteiger charge is 2.46. The maximum absolute atomic E-state index is 13.3. The van der Waals surface area contributed by atoms with E-state index < -0.39 is 6.61 Å². The summed E-state index contributed by atoms with van der Waals surface area (Å²) in [4.78, 5) is 28.4. The summed E-state index contributed by atoms with van der Waals surface area (Å²) in [5, 5.41) is 7.83. The summed E-state index contributed by atoms with van der Waals surface area (Å²) in [7, 11) is 3.54. The quantitative estimate of drug-likeness (QED) is 0.472. The second-order valence-corrected chi connectivity index (χ2v) is 8.61. The molecule has 0 saturated heterocycles. The van der Waals surface area contributed by atoms with Crippen LogP contribution in [0.15, 0.2) is 42.7 Å². The van der Waals surface area contributed by atoms with Crippen molar-refractivity contribution in [3.05, 3.63) is 71.1 Å². The SMILES string of the molecule is CNCc1ncc(-c2ccc3nc4c(n3n2)C2CC4N(C)C(=O)c3cccc(OC(F)F)c32)cn1. The molecule has 2 bridgehead atoms. The summed E-state index contributed by atoms with van der Waals surface area (Å²) in [5.74, 6) is 0.0300. The van der Waals surface area contributed by atoms with E-state index in [0.29, 0.717) is 47.0 Å². The number of hydrogen-bond donors (Lipinski definition) is 1. The molecule has 178 valence electrons. The highest BCUT2D eigenvalue weighted by atomic mass is 19.3. The fourth-order valence-electron chi connectivity index (χ4n) is 5.09. The molecular weight excluding hydrogens is 456 g/mol. The van der Waals surface area contributed by atoms with Gasteiger partial charge in [-0.25, -0.2) is 19.5 Å². The van der Waals surface area contributed by atoms with Crippen LogP contribution in [0.4, 0.5) is 8.78 Å². The number of fused-ring (bicyclic) bond motifs is 9. The summed E-state index contributed by atoms with van der Waals surface area (Å²) in [6, 6.07) is 8.07. The van der Waals surface area contributed by atoms with Crippen LogP contribution in [0.5, 0.6) is 5.75 Å². The van der Waals surface area contributed by atoms with Crippen LogP contribution in [0.2, 0.25) is 0 Å². The zero-order valence-electron chi connectivity index (χ0n) is 18.9. The molecular formula is C24H21F2N7O2. The van der Waals surface area contributed by atoms with E-state index >= 15 is 0 Å². The minimum Gasteiger partial charge on any atom is -0.434 e. The Morgan fingerprint density at radius 2 is 2.00 bits per heavy atom. The van der Waals surface area contributed by atoms with Gasteiger partial charge in [0.25, 0.3) is 5.91 Å². The van der Waals surface area contributed by atoms with E-state index in [1.54, 1.807) is 41.0 Å². The van der Waals surface area contributed by atoms with E-state index in [9.17, 15) is 13.6 Å². The summed E-state index contributed by atoms with van der Waals surface area (Å²) >= 11 is 0. The lowest BCUT2D eigenvalue weighted by atomic mass is 9.91. The molecule has 0 saturated carbocycles. The van der Waals surface area contributed by atoms with Crippen LogP contribution in [0.1, 0.15) is 51.5 Å². The van der Waals surface area contributed by atoms with Gasteiger partial charge in [-0.3, -0.25) is 4.79 Å². The molecule has 3 aromatic heterocycles. The van der Waals surface area contributed by atoms with Crippen molar-refractivity contribution in [1.82, 2.24) is 34.8 Å². The van der Waals surface area contributed by atoms with Crippen LogP contribution in [0.3, 0.4) is 0 Å². The average molecular weight is 477 g/mol. The number of halogens is 2.